The normalized spacial score (nSPS) is 15.8. The van der Waals surface area contributed by atoms with Gasteiger partial charge in [-0.25, -0.2) is 0 Å². The Bertz CT molecular complexity index is 303. The molecule has 13 heavy (non-hydrogen) atoms. The first kappa shape index (κ1) is 8.57. The van der Waals surface area contributed by atoms with Crippen LogP contribution in [-0.4, -0.2) is 12.2 Å². The molecular formula is C11H14O2. The molecule has 0 amide bonds. The van der Waals surface area contributed by atoms with Gasteiger partial charge in [-0.2, -0.15) is 0 Å². The molecule has 1 aliphatic rings. The quantitative estimate of drug-likeness (QED) is 0.767. The van der Waals surface area contributed by atoms with Gasteiger partial charge in [0.2, 0.25) is 0 Å². The van der Waals surface area contributed by atoms with Crippen LogP contribution >= 0.6 is 0 Å². The highest BCUT2D eigenvalue weighted by atomic mass is 16.5. The zero-order valence-electron chi connectivity index (χ0n) is 7.79. The van der Waals surface area contributed by atoms with Gasteiger partial charge in [-0.05, 0) is 42.0 Å². The van der Waals surface area contributed by atoms with Crippen LogP contribution in [0, 0.1) is 0 Å². The van der Waals surface area contributed by atoms with Gasteiger partial charge in [-0.1, -0.05) is 6.07 Å². The first-order valence-electron chi connectivity index (χ1n) is 4.63. The molecule has 2 heteroatoms. The average Bonchev–Trinajstić information content (AvgIpc) is 3.00. The largest absolute Gasteiger partial charge is 0.496 e. The maximum atomic E-state index is 8.99. The third-order valence-corrected chi connectivity index (χ3v) is 2.49. The monoisotopic (exact) mass is 178 g/mol. The molecular weight excluding hydrogens is 164 g/mol. The second-order valence-electron chi connectivity index (χ2n) is 3.51. The highest BCUT2D eigenvalue weighted by Crippen LogP contribution is 2.44. The van der Waals surface area contributed by atoms with Gasteiger partial charge in [-0.3, -0.25) is 0 Å². The molecule has 0 atom stereocenters. The zero-order valence-corrected chi connectivity index (χ0v) is 7.79. The van der Waals surface area contributed by atoms with Crippen molar-refractivity contribution in [3.05, 3.63) is 29.3 Å². The Labute approximate surface area is 78.2 Å². The smallest absolute Gasteiger partial charge is 0.122 e. The van der Waals surface area contributed by atoms with Gasteiger partial charge in [0, 0.05) is 0 Å². The summed E-state index contributed by atoms with van der Waals surface area (Å²) in [6, 6.07) is 5.90. The van der Waals surface area contributed by atoms with Crippen molar-refractivity contribution >= 4 is 0 Å². The summed E-state index contributed by atoms with van der Waals surface area (Å²) in [6.45, 7) is 0.115. The van der Waals surface area contributed by atoms with Crippen LogP contribution in [0.3, 0.4) is 0 Å². The molecule has 0 saturated heterocycles. The fraction of sp³-hybridized carbons (Fsp3) is 0.455. The van der Waals surface area contributed by atoms with Crippen molar-refractivity contribution in [3.63, 3.8) is 0 Å². The van der Waals surface area contributed by atoms with Gasteiger partial charge in [-0.15, -0.1) is 0 Å². The van der Waals surface area contributed by atoms with Crippen LogP contribution in [0.2, 0.25) is 0 Å². The number of ether oxygens (including phenoxy) is 1. The SMILES string of the molecule is COc1ccc(CO)cc1C1CC1. The van der Waals surface area contributed by atoms with Crippen molar-refractivity contribution in [3.8, 4) is 5.75 Å². The van der Waals surface area contributed by atoms with Crippen molar-refractivity contribution in [2.24, 2.45) is 0 Å². The number of methoxy groups -OCH3 is 1. The minimum absolute atomic E-state index is 0.115. The van der Waals surface area contributed by atoms with E-state index in [0.29, 0.717) is 5.92 Å². The predicted molar refractivity (Wildman–Crippen MR) is 50.9 cm³/mol. The van der Waals surface area contributed by atoms with Crippen molar-refractivity contribution < 1.29 is 9.84 Å². The molecule has 0 spiro atoms. The summed E-state index contributed by atoms with van der Waals surface area (Å²) in [5, 5.41) is 8.99. The Morgan fingerprint density at radius 3 is 2.77 bits per heavy atom. The third-order valence-electron chi connectivity index (χ3n) is 2.49. The van der Waals surface area contributed by atoms with E-state index in [2.05, 4.69) is 6.07 Å². The summed E-state index contributed by atoms with van der Waals surface area (Å²) in [7, 11) is 1.69. The van der Waals surface area contributed by atoms with Gasteiger partial charge >= 0.3 is 0 Å². The summed E-state index contributed by atoms with van der Waals surface area (Å²) >= 11 is 0. The van der Waals surface area contributed by atoms with Crippen LogP contribution in [0.1, 0.15) is 29.9 Å². The van der Waals surface area contributed by atoms with Crippen molar-refractivity contribution in [2.75, 3.05) is 7.11 Å². The predicted octanol–water partition coefficient (Wildman–Crippen LogP) is 2.06. The lowest BCUT2D eigenvalue weighted by molar-refractivity contribution is 0.281. The van der Waals surface area contributed by atoms with E-state index in [9.17, 15) is 0 Å². The third kappa shape index (κ3) is 1.68. The van der Waals surface area contributed by atoms with Gasteiger partial charge in [0.15, 0.2) is 0 Å². The molecule has 0 heterocycles. The lowest BCUT2D eigenvalue weighted by Crippen LogP contribution is -1.92. The maximum absolute atomic E-state index is 8.99. The molecule has 1 aromatic carbocycles. The minimum Gasteiger partial charge on any atom is -0.496 e. The van der Waals surface area contributed by atoms with E-state index in [0.717, 1.165) is 11.3 Å². The summed E-state index contributed by atoms with van der Waals surface area (Å²) in [5.41, 5.74) is 2.23. The lowest BCUT2D eigenvalue weighted by Gasteiger charge is -2.08. The topological polar surface area (TPSA) is 29.5 Å². The first-order chi connectivity index (χ1) is 6.35. The summed E-state index contributed by atoms with van der Waals surface area (Å²) in [6.07, 6.45) is 2.51. The molecule has 0 bridgehead atoms. The molecule has 0 aromatic heterocycles. The fourth-order valence-corrected chi connectivity index (χ4v) is 1.60. The molecule has 1 N–H and O–H groups in total. The molecule has 1 aromatic rings. The Morgan fingerprint density at radius 2 is 2.23 bits per heavy atom. The second kappa shape index (κ2) is 3.38. The summed E-state index contributed by atoms with van der Waals surface area (Å²) in [5.74, 6) is 1.63. The van der Waals surface area contributed by atoms with Gasteiger partial charge < -0.3 is 9.84 Å². The van der Waals surface area contributed by atoms with Gasteiger partial charge in [0.05, 0.1) is 13.7 Å². The van der Waals surface area contributed by atoms with Crippen LogP contribution in [0.4, 0.5) is 0 Å². The number of aliphatic hydroxyl groups excluding tert-OH is 1. The highest BCUT2D eigenvalue weighted by molar-refractivity contribution is 5.41. The molecule has 2 rings (SSSR count). The first-order valence-corrected chi connectivity index (χ1v) is 4.63. The van der Waals surface area contributed by atoms with E-state index in [1.165, 1.54) is 18.4 Å². The standard InChI is InChI=1S/C11H14O2/c1-13-11-5-2-8(7-12)6-10(11)9-3-4-9/h2,5-6,9,12H,3-4,7H2,1H3. The van der Waals surface area contributed by atoms with E-state index in [4.69, 9.17) is 9.84 Å². The maximum Gasteiger partial charge on any atom is 0.122 e. The van der Waals surface area contributed by atoms with Crippen molar-refractivity contribution in [2.45, 2.75) is 25.4 Å². The Balaban J connectivity index is 2.35. The average molecular weight is 178 g/mol. The Morgan fingerprint density at radius 1 is 1.46 bits per heavy atom. The number of aliphatic hydroxyl groups is 1. The number of hydrogen-bond acceptors (Lipinski definition) is 2. The molecule has 1 aliphatic carbocycles. The highest BCUT2D eigenvalue weighted by Gasteiger charge is 2.26. The van der Waals surface area contributed by atoms with Gasteiger partial charge in [0.1, 0.15) is 5.75 Å². The van der Waals surface area contributed by atoms with Crippen molar-refractivity contribution in [1.29, 1.82) is 0 Å². The molecule has 2 nitrogen and oxygen atoms in total. The molecule has 0 unspecified atom stereocenters. The van der Waals surface area contributed by atoms with E-state index < -0.39 is 0 Å². The van der Waals surface area contributed by atoms with E-state index in [1.54, 1.807) is 7.11 Å². The molecule has 1 fully saturated rings. The Kier molecular flexibility index (Phi) is 2.23. The zero-order chi connectivity index (χ0) is 9.26. The van der Waals surface area contributed by atoms with E-state index in [-0.39, 0.29) is 6.61 Å². The number of hydrogen-bond donors (Lipinski definition) is 1. The minimum atomic E-state index is 0.115. The van der Waals surface area contributed by atoms with Crippen LogP contribution in [-0.2, 0) is 6.61 Å². The molecule has 1 saturated carbocycles. The van der Waals surface area contributed by atoms with Crippen LogP contribution in [0.25, 0.3) is 0 Å². The Hall–Kier alpha value is -1.02. The van der Waals surface area contributed by atoms with E-state index in [1.807, 2.05) is 12.1 Å². The molecule has 0 radical (unpaired) electrons. The van der Waals surface area contributed by atoms with E-state index >= 15 is 0 Å². The van der Waals surface area contributed by atoms with Crippen LogP contribution in [0.15, 0.2) is 18.2 Å². The fourth-order valence-electron chi connectivity index (χ4n) is 1.60. The summed E-state index contributed by atoms with van der Waals surface area (Å²) in [4.78, 5) is 0. The summed E-state index contributed by atoms with van der Waals surface area (Å²) < 4.78 is 5.26. The van der Waals surface area contributed by atoms with Crippen LogP contribution in [0.5, 0.6) is 5.75 Å². The van der Waals surface area contributed by atoms with Gasteiger partial charge in [0.25, 0.3) is 0 Å². The van der Waals surface area contributed by atoms with Crippen molar-refractivity contribution in [1.82, 2.24) is 0 Å². The lowest BCUT2D eigenvalue weighted by atomic mass is 10.1. The molecule has 0 aliphatic heterocycles. The number of benzene rings is 1. The van der Waals surface area contributed by atoms with Crippen LogP contribution < -0.4 is 4.74 Å². The molecule has 70 valence electrons. The number of rotatable bonds is 3. The second-order valence-corrected chi connectivity index (χ2v) is 3.51.